The first-order valence-corrected chi connectivity index (χ1v) is 7.30. The van der Waals surface area contributed by atoms with E-state index in [0.29, 0.717) is 0 Å². The zero-order valence-corrected chi connectivity index (χ0v) is 12.4. The molecule has 1 nitrogen and oxygen atoms in total. The van der Waals surface area contributed by atoms with Crippen LogP contribution in [0.4, 0.5) is 8.78 Å². The molecule has 3 heteroatoms. The maximum Gasteiger partial charge on any atom is 0.123 e. The highest BCUT2D eigenvalue weighted by Crippen LogP contribution is 2.31. The molecule has 0 aliphatic rings. The largest absolute Gasteiger partial charge is 0.366 e. The molecule has 0 radical (unpaired) electrons. The summed E-state index contributed by atoms with van der Waals surface area (Å²) in [5.74, 6) is -0.502. The topological polar surface area (TPSA) is 9.23 Å². The van der Waals surface area contributed by atoms with Crippen LogP contribution in [0.5, 0.6) is 0 Å². The summed E-state index contributed by atoms with van der Waals surface area (Å²) in [6.45, 7) is 4.07. The second-order valence-electron chi connectivity index (χ2n) is 5.03. The maximum absolute atomic E-state index is 13.0. The van der Waals surface area contributed by atoms with E-state index in [4.69, 9.17) is 4.74 Å². The molecule has 2 atom stereocenters. The van der Waals surface area contributed by atoms with Crippen LogP contribution in [0.15, 0.2) is 48.5 Å². The molecule has 2 rings (SSSR count). The SMILES string of the molecule is CCC(OC(CC)c1ccc(F)cc1)c1ccc(F)cc1. The Hall–Kier alpha value is -1.74. The highest BCUT2D eigenvalue weighted by molar-refractivity contribution is 5.21. The van der Waals surface area contributed by atoms with Crippen molar-refractivity contribution in [2.45, 2.75) is 38.9 Å². The van der Waals surface area contributed by atoms with Crippen molar-refractivity contribution in [2.24, 2.45) is 0 Å². The summed E-state index contributed by atoms with van der Waals surface area (Å²) in [7, 11) is 0. The van der Waals surface area contributed by atoms with Gasteiger partial charge in [-0.1, -0.05) is 38.1 Å². The highest BCUT2D eigenvalue weighted by atomic mass is 19.1. The number of halogens is 2. The Morgan fingerprint density at radius 3 is 1.33 bits per heavy atom. The molecule has 0 heterocycles. The third-order valence-corrected chi connectivity index (χ3v) is 3.55. The van der Waals surface area contributed by atoms with Gasteiger partial charge < -0.3 is 4.74 Å². The quantitative estimate of drug-likeness (QED) is 0.674. The summed E-state index contributed by atoms with van der Waals surface area (Å²) < 4.78 is 32.2. The first-order valence-electron chi connectivity index (χ1n) is 7.30. The molecule has 0 saturated carbocycles. The van der Waals surface area contributed by atoms with Gasteiger partial charge in [-0.25, -0.2) is 8.78 Å². The lowest BCUT2D eigenvalue weighted by atomic mass is 10.0. The van der Waals surface area contributed by atoms with Gasteiger partial charge in [-0.05, 0) is 48.2 Å². The third kappa shape index (κ3) is 4.11. The number of hydrogen-bond donors (Lipinski definition) is 0. The molecular formula is C18H20F2O. The molecule has 21 heavy (non-hydrogen) atoms. The molecule has 0 aliphatic heterocycles. The van der Waals surface area contributed by atoms with E-state index < -0.39 is 0 Å². The Balaban J connectivity index is 2.15. The van der Waals surface area contributed by atoms with Crippen molar-refractivity contribution in [3.05, 3.63) is 71.3 Å². The van der Waals surface area contributed by atoms with Crippen molar-refractivity contribution >= 4 is 0 Å². The average Bonchev–Trinajstić information content (AvgIpc) is 2.51. The minimum atomic E-state index is -0.251. The van der Waals surface area contributed by atoms with Gasteiger partial charge >= 0.3 is 0 Å². The number of rotatable bonds is 6. The van der Waals surface area contributed by atoms with E-state index in [1.54, 1.807) is 24.3 Å². The van der Waals surface area contributed by atoms with Crippen LogP contribution < -0.4 is 0 Å². The lowest BCUT2D eigenvalue weighted by Crippen LogP contribution is -2.09. The molecule has 0 saturated heterocycles. The first kappa shape index (κ1) is 15.6. The van der Waals surface area contributed by atoms with Crippen LogP contribution in [-0.2, 0) is 4.74 Å². The van der Waals surface area contributed by atoms with Crippen molar-refractivity contribution in [1.82, 2.24) is 0 Å². The lowest BCUT2D eigenvalue weighted by molar-refractivity contribution is -0.0192. The number of ether oxygens (including phenoxy) is 1. The fourth-order valence-electron chi connectivity index (χ4n) is 2.37. The normalized spacial score (nSPS) is 13.9. The van der Waals surface area contributed by atoms with Gasteiger partial charge in [-0.2, -0.15) is 0 Å². The number of benzene rings is 2. The molecule has 0 bridgehead atoms. The summed E-state index contributed by atoms with van der Waals surface area (Å²) in [5.41, 5.74) is 1.92. The minimum Gasteiger partial charge on any atom is -0.366 e. The maximum atomic E-state index is 13.0. The van der Waals surface area contributed by atoms with Gasteiger partial charge in [0.05, 0.1) is 12.2 Å². The second-order valence-corrected chi connectivity index (χ2v) is 5.03. The van der Waals surface area contributed by atoms with E-state index in [9.17, 15) is 8.78 Å². The molecule has 0 spiro atoms. The number of hydrogen-bond acceptors (Lipinski definition) is 1. The third-order valence-electron chi connectivity index (χ3n) is 3.55. The Labute approximate surface area is 124 Å². The van der Waals surface area contributed by atoms with Crippen LogP contribution in [0.25, 0.3) is 0 Å². The monoisotopic (exact) mass is 290 g/mol. The van der Waals surface area contributed by atoms with E-state index in [0.717, 1.165) is 24.0 Å². The van der Waals surface area contributed by atoms with Crippen LogP contribution in [0.3, 0.4) is 0 Å². The highest BCUT2D eigenvalue weighted by Gasteiger charge is 2.17. The second kappa shape index (κ2) is 7.32. The van der Waals surface area contributed by atoms with Gasteiger partial charge in [-0.15, -0.1) is 0 Å². The molecule has 2 aromatic rings. The predicted molar refractivity (Wildman–Crippen MR) is 79.9 cm³/mol. The van der Waals surface area contributed by atoms with Gasteiger partial charge in [0.15, 0.2) is 0 Å². The van der Waals surface area contributed by atoms with Crippen LogP contribution in [-0.4, -0.2) is 0 Å². The lowest BCUT2D eigenvalue weighted by Gasteiger charge is -2.24. The molecule has 2 unspecified atom stereocenters. The van der Waals surface area contributed by atoms with Crippen molar-refractivity contribution in [3.8, 4) is 0 Å². The van der Waals surface area contributed by atoms with Crippen molar-refractivity contribution < 1.29 is 13.5 Å². The summed E-state index contributed by atoms with van der Waals surface area (Å²) in [4.78, 5) is 0. The summed E-state index contributed by atoms with van der Waals surface area (Å²) in [5, 5.41) is 0. The van der Waals surface area contributed by atoms with Crippen LogP contribution in [0.2, 0.25) is 0 Å². The smallest absolute Gasteiger partial charge is 0.123 e. The molecule has 0 amide bonds. The molecule has 0 aliphatic carbocycles. The standard InChI is InChI=1S/C18H20F2O/c1-3-17(13-5-9-15(19)10-6-13)21-18(4-2)14-7-11-16(20)12-8-14/h5-12,17-18H,3-4H2,1-2H3. The van der Waals surface area contributed by atoms with Gasteiger partial charge in [0.2, 0.25) is 0 Å². The minimum absolute atomic E-state index is 0.0967. The van der Waals surface area contributed by atoms with Crippen molar-refractivity contribution in [3.63, 3.8) is 0 Å². The molecule has 112 valence electrons. The first-order chi connectivity index (χ1) is 10.1. The van der Waals surface area contributed by atoms with E-state index in [1.807, 2.05) is 13.8 Å². The van der Waals surface area contributed by atoms with Gasteiger partial charge in [0.1, 0.15) is 11.6 Å². The van der Waals surface area contributed by atoms with Crippen molar-refractivity contribution in [2.75, 3.05) is 0 Å². The average molecular weight is 290 g/mol. The fourth-order valence-corrected chi connectivity index (χ4v) is 2.37. The molecule has 0 fully saturated rings. The zero-order chi connectivity index (χ0) is 15.2. The fraction of sp³-hybridized carbons (Fsp3) is 0.333. The van der Waals surface area contributed by atoms with E-state index >= 15 is 0 Å². The summed E-state index contributed by atoms with van der Waals surface area (Å²) in [6, 6.07) is 12.8. The Morgan fingerprint density at radius 1 is 0.714 bits per heavy atom. The van der Waals surface area contributed by atoms with Crippen molar-refractivity contribution in [1.29, 1.82) is 0 Å². The Morgan fingerprint density at radius 2 is 1.05 bits per heavy atom. The molecular weight excluding hydrogens is 270 g/mol. The van der Waals surface area contributed by atoms with Crippen LogP contribution >= 0.6 is 0 Å². The summed E-state index contributed by atoms with van der Waals surface area (Å²) >= 11 is 0. The molecule has 2 aromatic carbocycles. The Kier molecular flexibility index (Phi) is 5.45. The van der Waals surface area contributed by atoms with Gasteiger partial charge in [0.25, 0.3) is 0 Å². The van der Waals surface area contributed by atoms with Gasteiger partial charge in [-0.3, -0.25) is 0 Å². The van der Waals surface area contributed by atoms with E-state index in [-0.39, 0.29) is 23.8 Å². The molecule has 0 N–H and O–H groups in total. The van der Waals surface area contributed by atoms with E-state index in [2.05, 4.69) is 0 Å². The predicted octanol–water partition coefficient (Wildman–Crippen LogP) is 5.58. The molecule has 0 aromatic heterocycles. The Bertz CT molecular complexity index is 497. The van der Waals surface area contributed by atoms with Crippen LogP contribution in [0.1, 0.15) is 50.0 Å². The summed E-state index contributed by atoms with van der Waals surface area (Å²) in [6.07, 6.45) is 1.40. The zero-order valence-electron chi connectivity index (χ0n) is 12.4. The van der Waals surface area contributed by atoms with E-state index in [1.165, 1.54) is 24.3 Å². The van der Waals surface area contributed by atoms with Gasteiger partial charge in [0, 0.05) is 0 Å². The van der Waals surface area contributed by atoms with Crippen LogP contribution in [0, 0.1) is 11.6 Å².